The van der Waals surface area contributed by atoms with E-state index in [1.54, 1.807) is 0 Å². The number of hydrogen-bond donors (Lipinski definition) is 0. The number of carbonyl (C=O) groups excluding carboxylic acids is 1. The van der Waals surface area contributed by atoms with Gasteiger partial charge in [-0.1, -0.05) is 80.1 Å². The van der Waals surface area contributed by atoms with Crippen molar-refractivity contribution in [3.8, 4) is 0 Å². The van der Waals surface area contributed by atoms with Crippen molar-refractivity contribution in [3.05, 3.63) is 0 Å². The van der Waals surface area contributed by atoms with E-state index in [-0.39, 0.29) is 23.4 Å². The molecule has 0 rings (SSSR count). The average Bonchev–Trinajstić information content (AvgIpc) is 2.45. The van der Waals surface area contributed by atoms with Crippen LogP contribution >= 0.6 is 0 Å². The summed E-state index contributed by atoms with van der Waals surface area (Å²) in [5.74, 6) is -0.300. The molecule has 0 aromatic rings. The second kappa shape index (κ2) is 11.9. The highest BCUT2D eigenvalue weighted by atomic mass is 17.2. The molecule has 0 radical (unpaired) electrons. The van der Waals surface area contributed by atoms with Crippen LogP contribution < -0.4 is 0 Å². The van der Waals surface area contributed by atoms with Crippen molar-refractivity contribution in [2.45, 2.75) is 105 Å². The summed E-state index contributed by atoms with van der Waals surface area (Å²) in [6.07, 6.45) is 9.64. The zero-order chi connectivity index (χ0) is 17.0. The molecule has 0 fully saturated rings. The number of unbranched alkanes of at least 4 members (excludes halogenated alkanes) is 3. The number of carbonyl (C=O) groups is 1. The van der Waals surface area contributed by atoms with Crippen LogP contribution in [0.3, 0.4) is 0 Å². The minimum Gasteiger partial charge on any atom is -0.298 e. The van der Waals surface area contributed by atoms with E-state index in [0.29, 0.717) is 0 Å². The molecule has 0 N–H and O–H groups in total. The summed E-state index contributed by atoms with van der Waals surface area (Å²) in [5.41, 5.74) is -0.0857. The van der Waals surface area contributed by atoms with E-state index in [4.69, 9.17) is 9.78 Å². The molecule has 0 saturated carbocycles. The minimum atomic E-state index is -0.202. The fourth-order valence-corrected chi connectivity index (χ4v) is 2.66. The molecule has 0 aliphatic rings. The van der Waals surface area contributed by atoms with Crippen LogP contribution in [0.1, 0.15) is 99.3 Å². The van der Waals surface area contributed by atoms with Crippen molar-refractivity contribution in [1.29, 1.82) is 0 Å². The maximum atomic E-state index is 12.3. The third-order valence-electron chi connectivity index (χ3n) is 4.18. The van der Waals surface area contributed by atoms with E-state index in [1.165, 1.54) is 12.8 Å². The van der Waals surface area contributed by atoms with Crippen molar-refractivity contribution in [2.24, 2.45) is 11.3 Å². The zero-order valence-electron chi connectivity index (χ0n) is 15.7. The maximum Gasteiger partial charge on any atom is 0.345 e. The smallest absolute Gasteiger partial charge is 0.298 e. The van der Waals surface area contributed by atoms with Crippen LogP contribution in [0, 0.1) is 11.3 Å². The Hall–Kier alpha value is -0.570. The van der Waals surface area contributed by atoms with Gasteiger partial charge in [-0.3, -0.25) is 4.89 Å². The van der Waals surface area contributed by atoms with Gasteiger partial charge >= 0.3 is 5.97 Å². The lowest BCUT2D eigenvalue weighted by atomic mass is 9.78. The van der Waals surface area contributed by atoms with Crippen molar-refractivity contribution in [1.82, 2.24) is 0 Å². The average molecular weight is 315 g/mol. The van der Waals surface area contributed by atoms with Gasteiger partial charge in [0.15, 0.2) is 0 Å². The SMILES string of the molecule is CCCCCC(CCCC)OOC(=O)C(CCC)C(C)(C)C. The van der Waals surface area contributed by atoms with Gasteiger partial charge in [-0.15, -0.1) is 0 Å². The lowest BCUT2D eigenvalue weighted by Crippen LogP contribution is -2.31. The molecule has 0 aliphatic carbocycles. The highest BCUT2D eigenvalue weighted by Gasteiger charge is 2.33. The highest BCUT2D eigenvalue weighted by Crippen LogP contribution is 2.31. The molecule has 0 spiro atoms. The topological polar surface area (TPSA) is 35.5 Å². The van der Waals surface area contributed by atoms with Gasteiger partial charge < -0.3 is 0 Å². The summed E-state index contributed by atoms with van der Waals surface area (Å²) in [7, 11) is 0. The Morgan fingerprint density at radius 2 is 1.45 bits per heavy atom. The van der Waals surface area contributed by atoms with E-state index < -0.39 is 0 Å². The van der Waals surface area contributed by atoms with Gasteiger partial charge in [0.25, 0.3) is 0 Å². The predicted molar refractivity (Wildman–Crippen MR) is 92.5 cm³/mol. The van der Waals surface area contributed by atoms with Gasteiger partial charge in [-0.2, -0.15) is 4.89 Å². The van der Waals surface area contributed by atoms with Gasteiger partial charge in [-0.25, -0.2) is 4.79 Å². The molecule has 2 unspecified atom stereocenters. The maximum absolute atomic E-state index is 12.3. The van der Waals surface area contributed by atoms with E-state index in [1.807, 2.05) is 0 Å². The van der Waals surface area contributed by atoms with Crippen LogP contribution in [0.4, 0.5) is 0 Å². The lowest BCUT2D eigenvalue weighted by molar-refractivity contribution is -0.305. The molecule has 0 aromatic heterocycles. The minimum absolute atomic E-state index is 0.0534. The van der Waals surface area contributed by atoms with Crippen molar-refractivity contribution in [3.63, 3.8) is 0 Å². The third-order valence-corrected chi connectivity index (χ3v) is 4.18. The molecule has 0 bridgehead atoms. The van der Waals surface area contributed by atoms with Gasteiger partial charge in [0.2, 0.25) is 0 Å². The Balaban J connectivity index is 4.42. The Morgan fingerprint density at radius 3 is 1.95 bits per heavy atom. The molecule has 0 saturated heterocycles. The summed E-state index contributed by atoms with van der Waals surface area (Å²) >= 11 is 0. The largest absolute Gasteiger partial charge is 0.345 e. The van der Waals surface area contributed by atoms with Gasteiger partial charge in [0, 0.05) is 0 Å². The molecular formula is C19H38O3. The van der Waals surface area contributed by atoms with E-state index >= 15 is 0 Å². The van der Waals surface area contributed by atoms with Crippen LogP contribution in [0.5, 0.6) is 0 Å². The molecule has 2 atom stereocenters. The normalized spacial score (nSPS) is 14.6. The second-order valence-electron chi connectivity index (χ2n) is 7.47. The predicted octanol–water partition coefficient (Wildman–Crippen LogP) is 6.06. The van der Waals surface area contributed by atoms with Crippen LogP contribution in [0.15, 0.2) is 0 Å². The standard InChI is InChI=1S/C19H38O3/c1-7-10-12-15-16(14-11-8-2)21-22-18(20)17(13-9-3)19(4,5)6/h16-17H,7-15H2,1-6H3. The molecule has 3 heteroatoms. The summed E-state index contributed by atoms with van der Waals surface area (Å²) in [5, 5.41) is 0. The van der Waals surface area contributed by atoms with Gasteiger partial charge in [0.1, 0.15) is 6.10 Å². The van der Waals surface area contributed by atoms with Crippen LogP contribution in [-0.4, -0.2) is 12.1 Å². The van der Waals surface area contributed by atoms with E-state index in [9.17, 15) is 4.79 Å². The lowest BCUT2D eigenvalue weighted by Gasteiger charge is -2.28. The molecule has 0 amide bonds. The van der Waals surface area contributed by atoms with Crippen LogP contribution in [-0.2, 0) is 14.6 Å². The first kappa shape index (κ1) is 21.4. The monoisotopic (exact) mass is 314 g/mol. The fourth-order valence-electron chi connectivity index (χ4n) is 2.66. The third kappa shape index (κ3) is 9.45. The van der Waals surface area contributed by atoms with Crippen molar-refractivity contribution in [2.75, 3.05) is 0 Å². The summed E-state index contributed by atoms with van der Waals surface area (Å²) < 4.78 is 0. The number of rotatable bonds is 12. The molecule has 3 nitrogen and oxygen atoms in total. The second-order valence-corrected chi connectivity index (χ2v) is 7.47. The van der Waals surface area contributed by atoms with Gasteiger partial charge in [-0.05, 0) is 24.7 Å². The molecule has 0 heterocycles. The summed E-state index contributed by atoms with van der Waals surface area (Å²) in [6, 6.07) is 0. The zero-order valence-corrected chi connectivity index (χ0v) is 15.7. The summed E-state index contributed by atoms with van der Waals surface area (Å²) in [6.45, 7) is 12.7. The summed E-state index contributed by atoms with van der Waals surface area (Å²) in [4.78, 5) is 23.1. The molecule has 132 valence electrons. The van der Waals surface area contributed by atoms with Crippen molar-refractivity contribution < 1.29 is 14.6 Å². The first-order valence-electron chi connectivity index (χ1n) is 9.23. The van der Waals surface area contributed by atoms with E-state index in [2.05, 4.69) is 41.5 Å². The first-order chi connectivity index (χ1) is 10.4. The number of hydrogen-bond acceptors (Lipinski definition) is 3. The quantitative estimate of drug-likeness (QED) is 0.249. The highest BCUT2D eigenvalue weighted by molar-refractivity contribution is 5.72. The molecule has 0 aromatic carbocycles. The Morgan fingerprint density at radius 1 is 0.864 bits per heavy atom. The van der Waals surface area contributed by atoms with Crippen LogP contribution in [0.25, 0.3) is 0 Å². The Labute approximate surface area is 138 Å². The Kier molecular flexibility index (Phi) is 11.6. The molecule has 0 aliphatic heterocycles. The fraction of sp³-hybridized carbons (Fsp3) is 0.947. The van der Waals surface area contributed by atoms with Gasteiger partial charge in [0.05, 0.1) is 5.92 Å². The first-order valence-corrected chi connectivity index (χ1v) is 9.23. The van der Waals surface area contributed by atoms with Crippen molar-refractivity contribution >= 4 is 5.97 Å². The molecular weight excluding hydrogens is 276 g/mol. The molecule has 22 heavy (non-hydrogen) atoms. The Bertz CT molecular complexity index is 281. The van der Waals surface area contributed by atoms with Crippen LogP contribution in [0.2, 0.25) is 0 Å². The van der Waals surface area contributed by atoms with E-state index in [0.717, 1.165) is 44.9 Å².